The molecular weight excluding hydrogens is 407 g/mol. The Hall–Kier alpha value is -2.67. The first-order valence-electron chi connectivity index (χ1n) is 8.79. The van der Waals surface area contributed by atoms with Gasteiger partial charge in [-0.05, 0) is 62.2 Å². The lowest BCUT2D eigenvalue weighted by Gasteiger charge is -2.19. The van der Waals surface area contributed by atoms with Crippen molar-refractivity contribution in [3.05, 3.63) is 58.8 Å². The predicted octanol–water partition coefficient (Wildman–Crippen LogP) is 6.80. The highest BCUT2D eigenvalue weighted by Gasteiger charge is 2.30. The quantitative estimate of drug-likeness (QED) is 0.502. The minimum absolute atomic E-state index is 0.107. The van der Waals surface area contributed by atoms with Crippen molar-refractivity contribution in [1.82, 2.24) is 5.32 Å². The zero-order valence-electron chi connectivity index (χ0n) is 16.0. The van der Waals surface area contributed by atoms with E-state index in [-0.39, 0.29) is 6.54 Å². The van der Waals surface area contributed by atoms with Crippen LogP contribution in [0.2, 0.25) is 5.02 Å². The Morgan fingerprint density at radius 1 is 1.07 bits per heavy atom. The number of hydrogen-bond donors (Lipinski definition) is 1. The van der Waals surface area contributed by atoms with E-state index < -0.39 is 23.4 Å². The standard InChI is InChI=1S/C21H19ClF3NO3/c1-20(2,3)29-19(27)26-11-16-9-14-8-13(10-17(22)18(14)28-16)12-4-6-15(7-5-12)21(23,24)25/h4-10H,11H2,1-3H3,(H,26,27). The average molecular weight is 426 g/mol. The Morgan fingerprint density at radius 3 is 2.31 bits per heavy atom. The average Bonchev–Trinajstić information content (AvgIpc) is 3.01. The molecule has 1 heterocycles. The van der Waals surface area contributed by atoms with Crippen molar-refractivity contribution in [2.75, 3.05) is 0 Å². The summed E-state index contributed by atoms with van der Waals surface area (Å²) in [6.45, 7) is 5.39. The van der Waals surface area contributed by atoms with Crippen LogP contribution in [0.15, 0.2) is 46.9 Å². The molecule has 8 heteroatoms. The third kappa shape index (κ3) is 5.23. The van der Waals surface area contributed by atoms with Gasteiger partial charge in [0.25, 0.3) is 0 Å². The number of halogens is 4. The summed E-state index contributed by atoms with van der Waals surface area (Å²) in [6.07, 6.45) is -4.96. The van der Waals surface area contributed by atoms with Gasteiger partial charge < -0.3 is 14.5 Å². The van der Waals surface area contributed by atoms with Gasteiger partial charge in [-0.2, -0.15) is 13.2 Å². The number of alkyl carbamates (subject to hydrolysis) is 1. The Balaban J connectivity index is 1.81. The summed E-state index contributed by atoms with van der Waals surface area (Å²) < 4.78 is 49.1. The number of fused-ring (bicyclic) bond motifs is 1. The number of rotatable bonds is 3. The Labute approximate surface area is 170 Å². The van der Waals surface area contributed by atoms with Crippen molar-refractivity contribution in [1.29, 1.82) is 0 Å². The largest absolute Gasteiger partial charge is 0.458 e. The Bertz CT molecular complexity index is 1030. The van der Waals surface area contributed by atoms with Crippen LogP contribution in [-0.2, 0) is 17.5 Å². The van der Waals surface area contributed by atoms with Crippen LogP contribution in [0.1, 0.15) is 32.1 Å². The second-order valence-electron chi connectivity index (χ2n) is 7.52. The molecule has 0 fully saturated rings. The maximum absolute atomic E-state index is 12.7. The molecule has 3 aromatic rings. The molecule has 2 aromatic carbocycles. The van der Waals surface area contributed by atoms with Gasteiger partial charge in [0.15, 0.2) is 5.58 Å². The van der Waals surface area contributed by atoms with Gasteiger partial charge in [-0.25, -0.2) is 4.79 Å². The van der Waals surface area contributed by atoms with Crippen molar-refractivity contribution in [3.8, 4) is 11.1 Å². The first kappa shape index (κ1) is 21.0. The number of hydrogen-bond acceptors (Lipinski definition) is 3. The normalized spacial score (nSPS) is 12.2. The van der Waals surface area contributed by atoms with Gasteiger partial charge in [-0.15, -0.1) is 0 Å². The summed E-state index contributed by atoms with van der Waals surface area (Å²) in [5.74, 6) is 0.470. The van der Waals surface area contributed by atoms with Gasteiger partial charge in [-0.3, -0.25) is 0 Å². The van der Waals surface area contributed by atoms with E-state index >= 15 is 0 Å². The third-order valence-corrected chi connectivity index (χ3v) is 4.25. The van der Waals surface area contributed by atoms with Crippen LogP contribution in [0.25, 0.3) is 22.1 Å². The molecule has 1 N–H and O–H groups in total. The predicted molar refractivity (Wildman–Crippen MR) is 105 cm³/mol. The second kappa shape index (κ2) is 7.63. The SMILES string of the molecule is CC(C)(C)OC(=O)NCc1cc2cc(-c3ccc(C(F)(F)F)cc3)cc(Cl)c2o1. The number of ether oxygens (including phenoxy) is 1. The molecule has 0 radical (unpaired) electrons. The summed E-state index contributed by atoms with van der Waals surface area (Å²) >= 11 is 6.29. The van der Waals surface area contributed by atoms with E-state index in [0.29, 0.717) is 32.9 Å². The molecule has 0 saturated carbocycles. The molecule has 1 amide bonds. The van der Waals surface area contributed by atoms with Crippen LogP contribution in [0.5, 0.6) is 0 Å². The van der Waals surface area contributed by atoms with Crippen molar-refractivity contribution < 1.29 is 27.1 Å². The number of nitrogens with one attached hydrogen (secondary N) is 1. The molecule has 1 aromatic heterocycles. The van der Waals surface area contributed by atoms with Gasteiger partial charge >= 0.3 is 12.3 Å². The van der Waals surface area contributed by atoms with E-state index in [4.69, 9.17) is 20.8 Å². The Kier molecular flexibility index (Phi) is 5.54. The second-order valence-corrected chi connectivity index (χ2v) is 7.93. The number of amides is 1. The van der Waals surface area contributed by atoms with Crippen molar-refractivity contribution in [2.24, 2.45) is 0 Å². The monoisotopic (exact) mass is 425 g/mol. The molecule has 4 nitrogen and oxygen atoms in total. The number of carbonyl (C=O) groups is 1. The molecule has 0 aliphatic carbocycles. The highest BCUT2D eigenvalue weighted by molar-refractivity contribution is 6.35. The third-order valence-electron chi connectivity index (χ3n) is 3.97. The summed E-state index contributed by atoms with van der Waals surface area (Å²) in [5.41, 5.74) is 0.355. The van der Waals surface area contributed by atoms with E-state index in [0.717, 1.165) is 12.1 Å². The fourth-order valence-corrected chi connectivity index (χ4v) is 3.01. The fraction of sp³-hybridized carbons (Fsp3) is 0.286. The van der Waals surface area contributed by atoms with Gasteiger partial charge in [0, 0.05) is 5.39 Å². The molecule has 0 bridgehead atoms. The number of benzene rings is 2. The molecular formula is C21H19ClF3NO3. The maximum atomic E-state index is 12.7. The summed E-state index contributed by atoms with van der Waals surface area (Å²) in [7, 11) is 0. The number of carbonyl (C=O) groups excluding carboxylic acids is 1. The van der Waals surface area contributed by atoms with Crippen molar-refractivity contribution in [2.45, 2.75) is 39.1 Å². The first-order valence-corrected chi connectivity index (χ1v) is 9.17. The van der Waals surface area contributed by atoms with Gasteiger partial charge in [-0.1, -0.05) is 23.7 Å². The molecule has 3 rings (SSSR count). The van der Waals surface area contributed by atoms with E-state index in [2.05, 4.69) is 5.32 Å². The molecule has 29 heavy (non-hydrogen) atoms. The van der Waals surface area contributed by atoms with E-state index in [9.17, 15) is 18.0 Å². The van der Waals surface area contributed by atoms with Gasteiger partial charge in [0.2, 0.25) is 0 Å². The van der Waals surface area contributed by atoms with Crippen LogP contribution < -0.4 is 5.32 Å². The molecule has 0 atom stereocenters. The fourth-order valence-electron chi connectivity index (χ4n) is 2.74. The smallest absolute Gasteiger partial charge is 0.416 e. The van der Waals surface area contributed by atoms with Crippen LogP contribution in [-0.4, -0.2) is 11.7 Å². The van der Waals surface area contributed by atoms with E-state index in [1.165, 1.54) is 12.1 Å². The zero-order valence-corrected chi connectivity index (χ0v) is 16.7. The van der Waals surface area contributed by atoms with Crippen molar-refractivity contribution in [3.63, 3.8) is 0 Å². The highest BCUT2D eigenvalue weighted by atomic mass is 35.5. The highest BCUT2D eigenvalue weighted by Crippen LogP contribution is 2.35. The van der Waals surface area contributed by atoms with Gasteiger partial charge in [0.1, 0.15) is 11.4 Å². The van der Waals surface area contributed by atoms with Crippen LogP contribution in [0.4, 0.5) is 18.0 Å². The topological polar surface area (TPSA) is 51.5 Å². The van der Waals surface area contributed by atoms with Gasteiger partial charge in [0.05, 0.1) is 17.1 Å². The Morgan fingerprint density at radius 2 is 1.72 bits per heavy atom. The lowest BCUT2D eigenvalue weighted by Crippen LogP contribution is -2.32. The van der Waals surface area contributed by atoms with Crippen LogP contribution in [0.3, 0.4) is 0 Å². The maximum Gasteiger partial charge on any atom is 0.416 e. The summed E-state index contributed by atoms with van der Waals surface area (Å²) in [5, 5.41) is 3.59. The molecule has 154 valence electrons. The lowest BCUT2D eigenvalue weighted by molar-refractivity contribution is -0.137. The molecule has 0 saturated heterocycles. The molecule has 0 unspecified atom stereocenters. The van der Waals surface area contributed by atoms with Crippen LogP contribution >= 0.6 is 11.6 Å². The molecule has 0 aliphatic rings. The molecule has 0 spiro atoms. The minimum atomic E-state index is -4.39. The van der Waals surface area contributed by atoms with Crippen LogP contribution in [0, 0.1) is 0 Å². The van der Waals surface area contributed by atoms with E-state index in [1.807, 2.05) is 0 Å². The van der Waals surface area contributed by atoms with E-state index in [1.54, 1.807) is 39.0 Å². The zero-order chi connectivity index (χ0) is 21.4. The summed E-state index contributed by atoms with van der Waals surface area (Å²) in [6, 6.07) is 9.95. The first-order chi connectivity index (χ1) is 13.4. The number of alkyl halides is 3. The molecule has 0 aliphatic heterocycles. The minimum Gasteiger partial charge on any atom is -0.458 e. The number of furan rings is 1. The summed E-state index contributed by atoms with van der Waals surface area (Å²) in [4.78, 5) is 11.8. The van der Waals surface area contributed by atoms with Crippen molar-refractivity contribution >= 4 is 28.7 Å². The lowest BCUT2D eigenvalue weighted by atomic mass is 10.0.